The summed E-state index contributed by atoms with van der Waals surface area (Å²) in [6, 6.07) is 9.71. The molecule has 0 unspecified atom stereocenters. The summed E-state index contributed by atoms with van der Waals surface area (Å²) in [5.41, 5.74) is 0. The van der Waals surface area contributed by atoms with Crippen LogP contribution in [-0.2, 0) is 14.2 Å². The van der Waals surface area contributed by atoms with Crippen molar-refractivity contribution < 1.29 is 18.9 Å². The standard InChI is InChI=1S/C13H16O4/c1-2-4-12(5-3-1)14-7-6-13-15-8-11(9-16-13)10-17-13/h1-5,11H,6-10H2. The summed E-state index contributed by atoms with van der Waals surface area (Å²) in [5.74, 6) is 0.393. The van der Waals surface area contributed by atoms with Gasteiger partial charge in [0, 0.05) is 5.92 Å². The summed E-state index contributed by atoms with van der Waals surface area (Å²) in [5, 5.41) is 0. The average molecular weight is 236 g/mol. The molecular formula is C13H16O4. The van der Waals surface area contributed by atoms with Crippen LogP contribution in [0.1, 0.15) is 6.42 Å². The molecule has 0 radical (unpaired) electrons. The van der Waals surface area contributed by atoms with Crippen molar-refractivity contribution in [2.45, 2.75) is 12.4 Å². The molecule has 3 aliphatic heterocycles. The Morgan fingerprint density at radius 2 is 1.71 bits per heavy atom. The minimum atomic E-state index is -0.858. The number of ether oxygens (including phenoxy) is 4. The highest BCUT2D eigenvalue weighted by atomic mass is 16.9. The van der Waals surface area contributed by atoms with Gasteiger partial charge < -0.3 is 18.9 Å². The van der Waals surface area contributed by atoms with Crippen molar-refractivity contribution in [1.82, 2.24) is 0 Å². The van der Waals surface area contributed by atoms with Gasteiger partial charge in [0.05, 0.1) is 32.8 Å². The molecule has 1 aromatic carbocycles. The Morgan fingerprint density at radius 3 is 2.35 bits per heavy atom. The summed E-state index contributed by atoms with van der Waals surface area (Å²) in [4.78, 5) is 0. The molecule has 4 rings (SSSR count). The van der Waals surface area contributed by atoms with Crippen molar-refractivity contribution in [2.75, 3.05) is 26.4 Å². The molecule has 3 heterocycles. The van der Waals surface area contributed by atoms with Gasteiger partial charge in [0.25, 0.3) is 5.97 Å². The Hall–Kier alpha value is -1.10. The molecule has 4 heteroatoms. The van der Waals surface area contributed by atoms with E-state index < -0.39 is 5.97 Å². The van der Waals surface area contributed by atoms with E-state index in [0.717, 1.165) is 25.6 Å². The summed E-state index contributed by atoms with van der Waals surface area (Å²) in [7, 11) is 0. The summed E-state index contributed by atoms with van der Waals surface area (Å²) < 4.78 is 22.3. The first-order valence-electron chi connectivity index (χ1n) is 5.96. The zero-order chi connectivity index (χ0) is 11.6. The number of rotatable bonds is 4. The number of hydrogen-bond donors (Lipinski definition) is 0. The third-order valence-corrected chi connectivity index (χ3v) is 3.04. The molecule has 0 atom stereocenters. The Morgan fingerprint density at radius 1 is 1.06 bits per heavy atom. The SMILES string of the molecule is c1ccc(OCCC23OCC(CO2)CO3)cc1. The summed E-state index contributed by atoms with van der Waals surface area (Å²) in [6.07, 6.45) is 0.592. The van der Waals surface area contributed by atoms with Gasteiger partial charge in [-0.1, -0.05) is 18.2 Å². The number of hydrogen-bond acceptors (Lipinski definition) is 4. The Bertz CT molecular complexity index is 343. The molecule has 0 aromatic heterocycles. The fourth-order valence-electron chi connectivity index (χ4n) is 2.03. The maximum atomic E-state index is 5.61. The highest BCUT2D eigenvalue weighted by molar-refractivity contribution is 5.20. The number of benzene rings is 1. The molecule has 2 bridgehead atoms. The van der Waals surface area contributed by atoms with Crippen LogP contribution < -0.4 is 4.74 Å². The molecule has 0 saturated carbocycles. The van der Waals surface area contributed by atoms with Crippen molar-refractivity contribution in [3.8, 4) is 5.75 Å². The molecular weight excluding hydrogens is 220 g/mol. The van der Waals surface area contributed by atoms with Crippen molar-refractivity contribution >= 4 is 0 Å². The fraction of sp³-hybridized carbons (Fsp3) is 0.538. The second-order valence-corrected chi connectivity index (χ2v) is 4.39. The Balaban J connectivity index is 1.51. The van der Waals surface area contributed by atoms with Gasteiger partial charge in [-0.2, -0.15) is 0 Å². The zero-order valence-electron chi connectivity index (χ0n) is 9.63. The van der Waals surface area contributed by atoms with Gasteiger partial charge in [0.1, 0.15) is 5.75 Å². The first-order valence-corrected chi connectivity index (χ1v) is 5.96. The summed E-state index contributed by atoms with van der Waals surface area (Å²) in [6.45, 7) is 2.71. The predicted molar refractivity (Wildman–Crippen MR) is 60.6 cm³/mol. The number of para-hydroxylation sites is 1. The minimum absolute atomic E-state index is 0.395. The zero-order valence-corrected chi connectivity index (χ0v) is 9.63. The van der Waals surface area contributed by atoms with Gasteiger partial charge >= 0.3 is 0 Å². The molecule has 0 aliphatic carbocycles. The van der Waals surface area contributed by atoms with E-state index in [1.807, 2.05) is 30.3 Å². The molecule has 3 saturated heterocycles. The second-order valence-electron chi connectivity index (χ2n) is 4.39. The van der Waals surface area contributed by atoms with Crippen LogP contribution in [0.25, 0.3) is 0 Å². The molecule has 0 amide bonds. The monoisotopic (exact) mass is 236 g/mol. The van der Waals surface area contributed by atoms with Crippen LogP contribution in [0.2, 0.25) is 0 Å². The quantitative estimate of drug-likeness (QED) is 0.798. The van der Waals surface area contributed by atoms with E-state index in [-0.39, 0.29) is 0 Å². The van der Waals surface area contributed by atoms with E-state index in [4.69, 9.17) is 18.9 Å². The van der Waals surface area contributed by atoms with E-state index in [0.29, 0.717) is 18.9 Å². The molecule has 0 N–H and O–H groups in total. The van der Waals surface area contributed by atoms with Crippen molar-refractivity contribution in [1.29, 1.82) is 0 Å². The van der Waals surface area contributed by atoms with E-state index in [9.17, 15) is 0 Å². The Kier molecular flexibility index (Phi) is 3.01. The largest absolute Gasteiger partial charge is 0.493 e. The molecule has 1 aromatic rings. The van der Waals surface area contributed by atoms with Crippen LogP contribution in [0.15, 0.2) is 30.3 Å². The minimum Gasteiger partial charge on any atom is -0.493 e. The van der Waals surface area contributed by atoms with Gasteiger partial charge in [0.15, 0.2) is 0 Å². The predicted octanol–water partition coefficient (Wildman–Crippen LogP) is 1.80. The lowest BCUT2D eigenvalue weighted by molar-refractivity contribution is -0.450. The number of fused-ring (bicyclic) bond motifs is 3. The maximum Gasteiger partial charge on any atom is 0.286 e. The molecule has 3 fully saturated rings. The lowest BCUT2D eigenvalue weighted by atomic mass is 10.1. The maximum absolute atomic E-state index is 5.61. The second kappa shape index (κ2) is 4.64. The third kappa shape index (κ3) is 2.44. The Labute approximate surface area is 100 Å². The highest BCUT2D eigenvalue weighted by Gasteiger charge is 2.44. The van der Waals surface area contributed by atoms with Crippen LogP contribution in [0, 0.1) is 5.92 Å². The first kappa shape index (κ1) is 11.0. The van der Waals surface area contributed by atoms with Crippen molar-refractivity contribution in [2.24, 2.45) is 5.92 Å². The van der Waals surface area contributed by atoms with Gasteiger partial charge in [-0.25, -0.2) is 0 Å². The van der Waals surface area contributed by atoms with Gasteiger partial charge in [-0.15, -0.1) is 0 Å². The lowest BCUT2D eigenvalue weighted by Crippen LogP contribution is -2.54. The van der Waals surface area contributed by atoms with Crippen LogP contribution in [0.4, 0.5) is 0 Å². The molecule has 3 aliphatic rings. The van der Waals surface area contributed by atoms with Crippen molar-refractivity contribution in [3.63, 3.8) is 0 Å². The van der Waals surface area contributed by atoms with Gasteiger partial charge in [-0.05, 0) is 12.1 Å². The first-order chi connectivity index (χ1) is 8.36. The van der Waals surface area contributed by atoms with E-state index in [2.05, 4.69) is 0 Å². The van der Waals surface area contributed by atoms with Gasteiger partial charge in [-0.3, -0.25) is 0 Å². The molecule has 17 heavy (non-hydrogen) atoms. The van der Waals surface area contributed by atoms with Crippen LogP contribution in [-0.4, -0.2) is 32.4 Å². The van der Waals surface area contributed by atoms with E-state index in [1.54, 1.807) is 0 Å². The highest BCUT2D eigenvalue weighted by Crippen LogP contribution is 2.32. The third-order valence-electron chi connectivity index (χ3n) is 3.04. The smallest absolute Gasteiger partial charge is 0.286 e. The lowest BCUT2D eigenvalue weighted by Gasteiger charge is -2.45. The average Bonchev–Trinajstić information content (AvgIpc) is 2.42. The molecule has 92 valence electrons. The fourth-order valence-corrected chi connectivity index (χ4v) is 2.03. The molecule has 0 spiro atoms. The topological polar surface area (TPSA) is 36.9 Å². The van der Waals surface area contributed by atoms with Crippen LogP contribution >= 0.6 is 0 Å². The van der Waals surface area contributed by atoms with E-state index in [1.165, 1.54) is 0 Å². The molecule has 4 nitrogen and oxygen atoms in total. The normalized spacial score (nSPS) is 31.4. The van der Waals surface area contributed by atoms with Crippen LogP contribution in [0.3, 0.4) is 0 Å². The summed E-state index contributed by atoms with van der Waals surface area (Å²) >= 11 is 0. The van der Waals surface area contributed by atoms with Crippen molar-refractivity contribution in [3.05, 3.63) is 30.3 Å². The van der Waals surface area contributed by atoms with E-state index >= 15 is 0 Å². The van der Waals surface area contributed by atoms with Crippen LogP contribution in [0.5, 0.6) is 5.75 Å². The van der Waals surface area contributed by atoms with Gasteiger partial charge in [0.2, 0.25) is 0 Å².